The number of nitrogens with two attached hydrogens (primary N) is 1. The molecular weight excluding hydrogens is 228 g/mol. The third kappa shape index (κ3) is 5.69. The molecule has 1 fully saturated rings. The third-order valence-corrected chi connectivity index (χ3v) is 3.58. The average Bonchev–Trinajstić information content (AvgIpc) is 2.38. The number of rotatable bonds is 7. The maximum Gasteiger partial charge on any atom is 0.140 e. The first-order valence-corrected chi connectivity index (χ1v) is 7.10. The number of amidine groups is 1. The Bertz CT molecular complexity index is 251. The van der Waals surface area contributed by atoms with Crippen LogP contribution in [0.1, 0.15) is 46.0 Å². The first-order chi connectivity index (χ1) is 8.65. The van der Waals surface area contributed by atoms with Crippen LogP contribution in [0.25, 0.3) is 0 Å². The molecule has 1 rings (SSSR count). The van der Waals surface area contributed by atoms with Crippen molar-refractivity contribution in [3.05, 3.63) is 0 Å². The fourth-order valence-electron chi connectivity index (χ4n) is 2.60. The van der Waals surface area contributed by atoms with E-state index in [-0.39, 0.29) is 0 Å². The smallest absolute Gasteiger partial charge is 0.140 e. The van der Waals surface area contributed by atoms with Gasteiger partial charge in [-0.1, -0.05) is 18.5 Å². The lowest BCUT2D eigenvalue weighted by Crippen LogP contribution is -2.46. The van der Waals surface area contributed by atoms with Crippen molar-refractivity contribution in [2.45, 2.75) is 58.0 Å². The van der Waals surface area contributed by atoms with Gasteiger partial charge in [-0.2, -0.15) is 0 Å². The highest BCUT2D eigenvalue weighted by atomic mass is 16.4. The predicted octanol–water partition coefficient (Wildman–Crippen LogP) is 1.37. The summed E-state index contributed by atoms with van der Waals surface area (Å²) in [5.41, 5.74) is 5.56. The molecule has 0 bridgehead atoms. The van der Waals surface area contributed by atoms with Gasteiger partial charge in [0.25, 0.3) is 0 Å². The second-order valence-electron chi connectivity index (χ2n) is 5.33. The minimum absolute atomic E-state index is 0.292. The summed E-state index contributed by atoms with van der Waals surface area (Å²) in [5.74, 6) is 0.305. The third-order valence-electron chi connectivity index (χ3n) is 3.58. The van der Waals surface area contributed by atoms with Gasteiger partial charge in [0.1, 0.15) is 5.84 Å². The SMILES string of the molecule is CCC(CC(N)=NO)NC(C)CN1CCCCC1. The molecule has 1 aliphatic rings. The fourth-order valence-corrected chi connectivity index (χ4v) is 2.60. The Morgan fingerprint density at radius 3 is 2.61 bits per heavy atom. The monoisotopic (exact) mass is 256 g/mol. The summed E-state index contributed by atoms with van der Waals surface area (Å²) in [4.78, 5) is 2.53. The van der Waals surface area contributed by atoms with Gasteiger partial charge in [-0.05, 0) is 39.3 Å². The van der Waals surface area contributed by atoms with Gasteiger partial charge in [0.05, 0.1) is 0 Å². The Labute approximate surface area is 110 Å². The maximum absolute atomic E-state index is 8.60. The molecule has 5 nitrogen and oxygen atoms in total. The maximum atomic E-state index is 8.60. The number of hydrogen-bond acceptors (Lipinski definition) is 4. The van der Waals surface area contributed by atoms with Crippen molar-refractivity contribution in [1.29, 1.82) is 0 Å². The standard InChI is InChI=1S/C13H28N4O/c1-3-12(9-13(14)16-18)15-11(2)10-17-7-5-4-6-8-17/h11-12,15,18H,3-10H2,1-2H3,(H2,14,16). The largest absolute Gasteiger partial charge is 0.409 e. The predicted molar refractivity (Wildman–Crippen MR) is 75.0 cm³/mol. The average molecular weight is 256 g/mol. The number of oxime groups is 1. The highest BCUT2D eigenvalue weighted by molar-refractivity contribution is 5.80. The molecule has 0 aromatic heterocycles. The molecule has 5 heteroatoms. The van der Waals surface area contributed by atoms with E-state index < -0.39 is 0 Å². The van der Waals surface area contributed by atoms with Crippen LogP contribution < -0.4 is 11.1 Å². The molecule has 1 saturated heterocycles. The Morgan fingerprint density at radius 2 is 2.06 bits per heavy atom. The molecule has 0 radical (unpaired) electrons. The van der Waals surface area contributed by atoms with E-state index in [9.17, 15) is 0 Å². The summed E-state index contributed by atoms with van der Waals surface area (Å²) >= 11 is 0. The minimum atomic E-state index is 0.292. The van der Waals surface area contributed by atoms with Gasteiger partial charge >= 0.3 is 0 Å². The van der Waals surface area contributed by atoms with Crippen LogP contribution in [0.2, 0.25) is 0 Å². The molecule has 0 spiro atoms. The fraction of sp³-hybridized carbons (Fsp3) is 0.923. The molecule has 2 atom stereocenters. The van der Waals surface area contributed by atoms with E-state index in [0.29, 0.717) is 24.3 Å². The summed E-state index contributed by atoms with van der Waals surface area (Å²) < 4.78 is 0. The summed E-state index contributed by atoms with van der Waals surface area (Å²) in [6.45, 7) is 7.87. The van der Waals surface area contributed by atoms with Gasteiger partial charge in [0.2, 0.25) is 0 Å². The number of nitrogens with one attached hydrogen (secondary N) is 1. The van der Waals surface area contributed by atoms with Crippen molar-refractivity contribution in [2.24, 2.45) is 10.9 Å². The molecule has 106 valence electrons. The zero-order valence-corrected chi connectivity index (χ0v) is 11.7. The molecule has 0 saturated carbocycles. The number of piperidine rings is 1. The van der Waals surface area contributed by atoms with Crippen LogP contribution in [0.3, 0.4) is 0 Å². The van der Waals surface area contributed by atoms with E-state index in [4.69, 9.17) is 10.9 Å². The molecule has 0 amide bonds. The van der Waals surface area contributed by atoms with E-state index in [2.05, 4.69) is 29.2 Å². The zero-order chi connectivity index (χ0) is 13.4. The van der Waals surface area contributed by atoms with Crippen LogP contribution in [0.4, 0.5) is 0 Å². The molecule has 4 N–H and O–H groups in total. The van der Waals surface area contributed by atoms with Gasteiger partial charge in [0, 0.05) is 25.0 Å². The van der Waals surface area contributed by atoms with E-state index >= 15 is 0 Å². The molecule has 18 heavy (non-hydrogen) atoms. The van der Waals surface area contributed by atoms with Gasteiger partial charge < -0.3 is 21.2 Å². The normalized spacial score (nSPS) is 21.8. The second kappa shape index (κ2) is 8.32. The lowest BCUT2D eigenvalue weighted by Gasteiger charge is -2.31. The number of likely N-dealkylation sites (tertiary alicyclic amines) is 1. The van der Waals surface area contributed by atoms with Crippen LogP contribution in [0.15, 0.2) is 5.16 Å². The molecule has 0 aliphatic carbocycles. The Hall–Kier alpha value is -0.810. The van der Waals surface area contributed by atoms with Crippen molar-refractivity contribution in [2.75, 3.05) is 19.6 Å². The van der Waals surface area contributed by atoms with Crippen LogP contribution in [-0.2, 0) is 0 Å². The van der Waals surface area contributed by atoms with Crippen molar-refractivity contribution in [1.82, 2.24) is 10.2 Å². The topological polar surface area (TPSA) is 73.9 Å². The van der Waals surface area contributed by atoms with Crippen LogP contribution >= 0.6 is 0 Å². The van der Waals surface area contributed by atoms with Crippen LogP contribution in [-0.4, -0.2) is 47.7 Å². The Morgan fingerprint density at radius 1 is 1.39 bits per heavy atom. The van der Waals surface area contributed by atoms with E-state index in [1.54, 1.807) is 0 Å². The Balaban J connectivity index is 2.29. The van der Waals surface area contributed by atoms with Gasteiger partial charge in [-0.15, -0.1) is 0 Å². The van der Waals surface area contributed by atoms with Crippen LogP contribution in [0.5, 0.6) is 0 Å². The number of nitrogens with zero attached hydrogens (tertiary/aromatic N) is 2. The summed E-state index contributed by atoms with van der Waals surface area (Å²) in [7, 11) is 0. The van der Waals surface area contributed by atoms with Crippen molar-refractivity contribution >= 4 is 5.84 Å². The highest BCUT2D eigenvalue weighted by Gasteiger charge is 2.16. The molecule has 0 aromatic carbocycles. The quantitative estimate of drug-likeness (QED) is 0.278. The first kappa shape index (κ1) is 15.2. The van der Waals surface area contributed by atoms with E-state index in [1.807, 2.05) is 0 Å². The number of hydrogen-bond donors (Lipinski definition) is 3. The van der Waals surface area contributed by atoms with Crippen molar-refractivity contribution in [3.8, 4) is 0 Å². The second-order valence-corrected chi connectivity index (χ2v) is 5.33. The molecule has 1 aliphatic heterocycles. The van der Waals surface area contributed by atoms with Gasteiger partial charge in [-0.3, -0.25) is 0 Å². The van der Waals surface area contributed by atoms with Crippen molar-refractivity contribution in [3.63, 3.8) is 0 Å². The van der Waals surface area contributed by atoms with E-state index in [0.717, 1.165) is 13.0 Å². The molecule has 2 unspecified atom stereocenters. The zero-order valence-electron chi connectivity index (χ0n) is 11.7. The van der Waals surface area contributed by atoms with E-state index in [1.165, 1.54) is 32.4 Å². The summed E-state index contributed by atoms with van der Waals surface area (Å²) in [6.07, 6.45) is 5.62. The van der Waals surface area contributed by atoms with Gasteiger partial charge in [-0.25, -0.2) is 0 Å². The lowest BCUT2D eigenvalue weighted by atomic mass is 10.1. The van der Waals surface area contributed by atoms with Crippen LogP contribution in [0, 0.1) is 0 Å². The van der Waals surface area contributed by atoms with Crippen molar-refractivity contribution < 1.29 is 5.21 Å². The Kier molecular flexibility index (Phi) is 7.05. The first-order valence-electron chi connectivity index (χ1n) is 7.10. The minimum Gasteiger partial charge on any atom is -0.409 e. The molecule has 1 heterocycles. The molecular formula is C13H28N4O. The highest BCUT2D eigenvalue weighted by Crippen LogP contribution is 2.09. The summed E-state index contributed by atoms with van der Waals surface area (Å²) in [5, 5.41) is 15.2. The summed E-state index contributed by atoms with van der Waals surface area (Å²) in [6, 6.07) is 0.736. The van der Waals surface area contributed by atoms with Gasteiger partial charge in [0.15, 0.2) is 0 Å². The molecule has 0 aromatic rings. The lowest BCUT2D eigenvalue weighted by molar-refractivity contribution is 0.204.